The molecule has 0 aromatic rings. The van der Waals surface area contributed by atoms with Crippen molar-refractivity contribution in [3.05, 3.63) is 36.5 Å². The minimum Gasteiger partial charge on any atom is -0.466 e. The van der Waals surface area contributed by atoms with Crippen molar-refractivity contribution in [1.29, 1.82) is 0 Å². The molecule has 0 aliphatic carbocycles. The number of esters is 1. The summed E-state index contributed by atoms with van der Waals surface area (Å²) in [4.78, 5) is 24.7. The molecule has 2 atom stereocenters. The highest BCUT2D eigenvalue weighted by molar-refractivity contribution is 5.76. The maximum absolute atomic E-state index is 12.5. The predicted octanol–water partition coefficient (Wildman–Crippen LogP) is 25.8. The van der Waals surface area contributed by atoms with Crippen LogP contribution in [-0.4, -0.2) is 47.4 Å². The van der Waals surface area contributed by atoms with Gasteiger partial charge in [0, 0.05) is 12.8 Å². The van der Waals surface area contributed by atoms with Crippen LogP contribution >= 0.6 is 0 Å². The number of allylic oxidation sites excluding steroid dienone is 5. The fourth-order valence-corrected chi connectivity index (χ4v) is 12.4. The molecule has 6 heteroatoms. The van der Waals surface area contributed by atoms with Crippen molar-refractivity contribution in [3.8, 4) is 0 Å². The molecule has 0 saturated carbocycles. The van der Waals surface area contributed by atoms with Crippen molar-refractivity contribution in [2.45, 2.75) is 450 Å². The number of amides is 1. The summed E-state index contributed by atoms with van der Waals surface area (Å²) in [6, 6.07) is -0.626. The average Bonchev–Trinajstić information content (AvgIpc) is 3.54. The zero-order valence-electron chi connectivity index (χ0n) is 58.3. The second-order valence-electron chi connectivity index (χ2n) is 27.0. The topological polar surface area (TPSA) is 95.9 Å². The van der Waals surface area contributed by atoms with Gasteiger partial charge in [0.05, 0.1) is 25.4 Å². The molecular formula is C80H153NO5. The van der Waals surface area contributed by atoms with E-state index in [1.165, 1.54) is 360 Å². The van der Waals surface area contributed by atoms with Crippen LogP contribution in [0, 0.1) is 0 Å². The molecule has 508 valence electrons. The van der Waals surface area contributed by atoms with Gasteiger partial charge in [0.15, 0.2) is 0 Å². The number of aliphatic hydroxyl groups excluding tert-OH is 2. The molecule has 1 amide bonds. The lowest BCUT2D eigenvalue weighted by molar-refractivity contribution is -0.143. The Hall–Kier alpha value is -1.92. The second-order valence-corrected chi connectivity index (χ2v) is 27.0. The molecule has 0 bridgehead atoms. The van der Waals surface area contributed by atoms with E-state index in [4.69, 9.17) is 4.74 Å². The molecule has 86 heavy (non-hydrogen) atoms. The van der Waals surface area contributed by atoms with E-state index in [-0.39, 0.29) is 18.5 Å². The monoisotopic (exact) mass is 1210 g/mol. The summed E-state index contributed by atoms with van der Waals surface area (Å²) in [6.45, 7) is 4.93. The molecule has 0 aliphatic rings. The van der Waals surface area contributed by atoms with Crippen LogP contribution in [0.15, 0.2) is 36.5 Å². The molecule has 3 N–H and O–H groups in total. The van der Waals surface area contributed by atoms with Crippen molar-refractivity contribution >= 4 is 11.9 Å². The lowest BCUT2D eigenvalue weighted by atomic mass is 10.0. The van der Waals surface area contributed by atoms with Crippen molar-refractivity contribution in [2.75, 3.05) is 13.2 Å². The summed E-state index contributed by atoms with van der Waals surface area (Å²) < 4.78 is 5.51. The summed E-state index contributed by atoms with van der Waals surface area (Å²) in [7, 11) is 0. The largest absolute Gasteiger partial charge is 0.466 e. The number of aliphatic hydroxyl groups is 2. The Morgan fingerprint density at radius 2 is 0.581 bits per heavy atom. The molecule has 6 nitrogen and oxygen atoms in total. The van der Waals surface area contributed by atoms with Gasteiger partial charge in [-0.3, -0.25) is 9.59 Å². The minimum absolute atomic E-state index is 0.0132. The van der Waals surface area contributed by atoms with Crippen molar-refractivity contribution in [2.24, 2.45) is 0 Å². The van der Waals surface area contributed by atoms with Gasteiger partial charge in [-0.1, -0.05) is 397 Å². The molecule has 0 rings (SSSR count). The zero-order chi connectivity index (χ0) is 62.0. The Labute approximate surface area is 538 Å². The Balaban J connectivity index is 3.35. The van der Waals surface area contributed by atoms with Gasteiger partial charge in [0.2, 0.25) is 5.91 Å². The standard InChI is InChI=1S/C80H153NO5/c1-3-5-7-9-11-13-15-17-19-21-23-34-37-40-44-48-52-56-60-64-68-72-78(83)77(76-82)81-79(84)73-69-65-61-57-53-49-45-41-38-35-32-30-28-26-24-25-27-29-31-33-36-39-43-47-51-55-59-63-67-71-75-86-80(85)74-70-66-62-58-54-50-46-42-22-20-18-16-14-12-10-8-6-4-2/h14,16,20,22,68,72,77-78,82-83H,3-13,15,17-19,21,23-67,69-71,73-76H2,1-2H3,(H,81,84)/b16-14-,22-20-,72-68+. The molecule has 0 saturated heterocycles. The van der Waals surface area contributed by atoms with Crippen LogP contribution in [-0.2, 0) is 14.3 Å². The van der Waals surface area contributed by atoms with E-state index in [0.29, 0.717) is 19.4 Å². The first-order valence-electron chi connectivity index (χ1n) is 39.3. The van der Waals surface area contributed by atoms with Crippen molar-refractivity contribution in [1.82, 2.24) is 5.32 Å². The van der Waals surface area contributed by atoms with Crippen LogP contribution in [0.2, 0.25) is 0 Å². The van der Waals surface area contributed by atoms with E-state index in [1.807, 2.05) is 6.08 Å². The predicted molar refractivity (Wildman–Crippen MR) is 379 cm³/mol. The molecule has 0 radical (unpaired) electrons. The van der Waals surface area contributed by atoms with Gasteiger partial charge in [-0.2, -0.15) is 0 Å². The number of hydrogen-bond acceptors (Lipinski definition) is 5. The maximum Gasteiger partial charge on any atom is 0.305 e. The molecule has 0 aliphatic heterocycles. The third-order valence-electron chi connectivity index (χ3n) is 18.4. The number of ether oxygens (including phenoxy) is 1. The summed E-state index contributed by atoms with van der Waals surface area (Å²) in [6.07, 6.45) is 98.3. The number of nitrogens with one attached hydrogen (secondary N) is 1. The Morgan fingerprint density at radius 1 is 0.326 bits per heavy atom. The highest BCUT2D eigenvalue weighted by atomic mass is 16.5. The Kier molecular flexibility index (Phi) is 73.9. The normalized spacial score (nSPS) is 12.7. The SMILES string of the molecule is CCCCCC/C=C\C/C=C\CCCCCCCCCC(=O)OCCCCCCCCCCCCCCCCCCCCCCCCCCCCCCCCC(=O)NC(CO)C(O)/C=C/CCCCCCCCCCCCCCCCCCCCC. The first kappa shape index (κ1) is 84.1. The van der Waals surface area contributed by atoms with Crippen LogP contribution in [0.1, 0.15) is 438 Å². The number of hydrogen-bond donors (Lipinski definition) is 3. The Morgan fingerprint density at radius 3 is 0.895 bits per heavy atom. The van der Waals surface area contributed by atoms with Gasteiger partial charge in [-0.05, 0) is 64.2 Å². The molecular weight excluding hydrogens is 1050 g/mol. The molecule has 0 fully saturated rings. The third kappa shape index (κ3) is 71.2. The lowest BCUT2D eigenvalue weighted by Crippen LogP contribution is -2.45. The first-order valence-corrected chi connectivity index (χ1v) is 39.3. The highest BCUT2D eigenvalue weighted by Crippen LogP contribution is 2.20. The number of unbranched alkanes of at least 4 members (excludes halogenated alkanes) is 59. The minimum atomic E-state index is -0.843. The van der Waals surface area contributed by atoms with E-state index >= 15 is 0 Å². The van der Waals surface area contributed by atoms with Crippen LogP contribution in [0.25, 0.3) is 0 Å². The van der Waals surface area contributed by atoms with Crippen LogP contribution in [0.3, 0.4) is 0 Å². The summed E-state index contributed by atoms with van der Waals surface area (Å²) in [5.74, 6) is -0.0465. The maximum atomic E-state index is 12.5. The van der Waals surface area contributed by atoms with Crippen LogP contribution in [0.5, 0.6) is 0 Å². The fourth-order valence-electron chi connectivity index (χ4n) is 12.4. The summed E-state index contributed by atoms with van der Waals surface area (Å²) >= 11 is 0. The number of rotatable bonds is 74. The molecule has 0 aromatic heterocycles. The third-order valence-corrected chi connectivity index (χ3v) is 18.4. The van der Waals surface area contributed by atoms with Crippen molar-refractivity contribution < 1.29 is 24.5 Å². The van der Waals surface area contributed by atoms with E-state index in [2.05, 4.69) is 43.5 Å². The van der Waals surface area contributed by atoms with Gasteiger partial charge in [-0.25, -0.2) is 0 Å². The average molecular weight is 1210 g/mol. The lowest BCUT2D eigenvalue weighted by Gasteiger charge is -2.20. The van der Waals surface area contributed by atoms with E-state index in [9.17, 15) is 19.8 Å². The fraction of sp³-hybridized carbons (Fsp3) is 0.900. The summed E-state index contributed by atoms with van der Waals surface area (Å²) in [5.41, 5.74) is 0. The quantitative estimate of drug-likeness (QED) is 0.0320. The van der Waals surface area contributed by atoms with E-state index in [1.54, 1.807) is 6.08 Å². The van der Waals surface area contributed by atoms with Gasteiger partial charge >= 0.3 is 5.97 Å². The van der Waals surface area contributed by atoms with E-state index in [0.717, 1.165) is 51.4 Å². The zero-order valence-corrected chi connectivity index (χ0v) is 58.3. The highest BCUT2D eigenvalue weighted by Gasteiger charge is 2.18. The molecule has 0 aromatic carbocycles. The first-order chi connectivity index (χ1) is 42.5. The second kappa shape index (κ2) is 75.5. The van der Waals surface area contributed by atoms with Gasteiger partial charge in [0.25, 0.3) is 0 Å². The van der Waals surface area contributed by atoms with Crippen LogP contribution in [0.4, 0.5) is 0 Å². The van der Waals surface area contributed by atoms with E-state index < -0.39 is 12.1 Å². The molecule has 0 spiro atoms. The smallest absolute Gasteiger partial charge is 0.305 e. The Bertz CT molecular complexity index is 1390. The van der Waals surface area contributed by atoms with Gasteiger partial charge in [-0.15, -0.1) is 0 Å². The summed E-state index contributed by atoms with van der Waals surface area (Å²) in [5, 5.41) is 23.3. The van der Waals surface area contributed by atoms with Crippen LogP contribution < -0.4 is 5.32 Å². The molecule has 2 unspecified atom stereocenters. The number of carbonyl (C=O) groups excluding carboxylic acids is 2. The van der Waals surface area contributed by atoms with Gasteiger partial charge < -0.3 is 20.3 Å². The van der Waals surface area contributed by atoms with Crippen molar-refractivity contribution in [3.63, 3.8) is 0 Å². The number of carbonyl (C=O) groups is 2. The molecule has 0 heterocycles. The van der Waals surface area contributed by atoms with Gasteiger partial charge in [0.1, 0.15) is 0 Å².